The number of rotatable bonds is 3. The second-order valence-electron chi connectivity index (χ2n) is 4.97. The standard InChI is InChI=1S/C16H15ClN4S/c1-3-22-14-6-7-15(17)19-16(14)21-10-20(2)12-5-4-11(9-18)8-13(12)21/h4-8H,3,10H2,1-2H3. The van der Waals surface area contributed by atoms with Gasteiger partial charge in [0, 0.05) is 7.05 Å². The number of fused-ring (bicyclic) bond motifs is 1. The first-order valence-corrected chi connectivity index (χ1v) is 8.32. The molecule has 2 heterocycles. The van der Waals surface area contributed by atoms with E-state index in [4.69, 9.17) is 16.9 Å². The van der Waals surface area contributed by atoms with Gasteiger partial charge in [0.2, 0.25) is 0 Å². The Hall–Kier alpha value is -1.90. The molecule has 6 heteroatoms. The molecule has 0 bridgehead atoms. The van der Waals surface area contributed by atoms with Gasteiger partial charge in [0.25, 0.3) is 0 Å². The van der Waals surface area contributed by atoms with E-state index in [1.807, 2.05) is 37.4 Å². The zero-order valence-electron chi connectivity index (χ0n) is 12.4. The van der Waals surface area contributed by atoms with Crippen LogP contribution in [0.5, 0.6) is 0 Å². The number of hydrogen-bond acceptors (Lipinski definition) is 5. The van der Waals surface area contributed by atoms with Gasteiger partial charge in [0.05, 0.1) is 34.6 Å². The molecule has 0 saturated carbocycles. The summed E-state index contributed by atoms with van der Waals surface area (Å²) in [5.41, 5.74) is 2.73. The molecule has 0 radical (unpaired) electrons. The molecule has 0 unspecified atom stereocenters. The molecule has 0 atom stereocenters. The van der Waals surface area contributed by atoms with Crippen molar-refractivity contribution >= 4 is 40.6 Å². The van der Waals surface area contributed by atoms with Crippen LogP contribution in [0.4, 0.5) is 17.2 Å². The minimum atomic E-state index is 0.475. The highest BCUT2D eigenvalue weighted by Crippen LogP contribution is 2.43. The van der Waals surface area contributed by atoms with E-state index in [0.29, 0.717) is 17.4 Å². The number of halogens is 1. The van der Waals surface area contributed by atoms with Gasteiger partial charge in [-0.3, -0.25) is 0 Å². The second-order valence-corrected chi connectivity index (χ2v) is 6.66. The zero-order valence-corrected chi connectivity index (χ0v) is 13.9. The molecule has 0 fully saturated rings. The topological polar surface area (TPSA) is 43.2 Å². The highest BCUT2D eigenvalue weighted by atomic mass is 35.5. The number of hydrogen-bond donors (Lipinski definition) is 0. The Balaban J connectivity index is 2.12. The number of nitriles is 1. The number of pyridine rings is 1. The number of anilines is 3. The van der Waals surface area contributed by atoms with Crippen LogP contribution in [0.15, 0.2) is 35.2 Å². The molecule has 3 rings (SSSR count). The van der Waals surface area contributed by atoms with Crippen molar-refractivity contribution in [2.24, 2.45) is 0 Å². The summed E-state index contributed by atoms with van der Waals surface area (Å²) >= 11 is 7.84. The van der Waals surface area contributed by atoms with Crippen molar-refractivity contribution in [3.63, 3.8) is 0 Å². The van der Waals surface area contributed by atoms with Crippen molar-refractivity contribution in [2.75, 3.05) is 29.3 Å². The monoisotopic (exact) mass is 330 g/mol. The van der Waals surface area contributed by atoms with Gasteiger partial charge in [-0.25, -0.2) is 4.98 Å². The Morgan fingerprint density at radius 2 is 2.14 bits per heavy atom. The van der Waals surface area contributed by atoms with Crippen LogP contribution in [0.1, 0.15) is 12.5 Å². The summed E-state index contributed by atoms with van der Waals surface area (Å²) in [6, 6.07) is 11.7. The van der Waals surface area contributed by atoms with E-state index in [1.165, 1.54) is 0 Å². The van der Waals surface area contributed by atoms with Gasteiger partial charge in [-0.1, -0.05) is 18.5 Å². The third kappa shape index (κ3) is 2.60. The van der Waals surface area contributed by atoms with Crippen LogP contribution in [-0.4, -0.2) is 24.5 Å². The molecule has 4 nitrogen and oxygen atoms in total. The first-order valence-electron chi connectivity index (χ1n) is 6.96. The van der Waals surface area contributed by atoms with Crippen molar-refractivity contribution in [3.8, 4) is 6.07 Å². The maximum Gasteiger partial charge on any atom is 0.150 e. The lowest BCUT2D eigenvalue weighted by atomic mass is 10.2. The van der Waals surface area contributed by atoms with Gasteiger partial charge in [-0.2, -0.15) is 5.26 Å². The fourth-order valence-electron chi connectivity index (χ4n) is 2.55. The average Bonchev–Trinajstić information content (AvgIpc) is 2.85. The van der Waals surface area contributed by atoms with Crippen molar-refractivity contribution in [3.05, 3.63) is 41.0 Å². The minimum absolute atomic E-state index is 0.475. The molecule has 1 aromatic carbocycles. The molecule has 0 aliphatic carbocycles. The van der Waals surface area contributed by atoms with Crippen molar-refractivity contribution in [2.45, 2.75) is 11.8 Å². The molecule has 0 spiro atoms. The summed E-state index contributed by atoms with van der Waals surface area (Å²) in [7, 11) is 2.03. The predicted octanol–water partition coefficient (Wildman–Crippen LogP) is 4.26. The van der Waals surface area contributed by atoms with E-state index in [9.17, 15) is 0 Å². The summed E-state index contributed by atoms with van der Waals surface area (Å²) in [6.07, 6.45) is 0. The molecule has 112 valence electrons. The number of benzene rings is 1. The molecule has 22 heavy (non-hydrogen) atoms. The quantitative estimate of drug-likeness (QED) is 0.621. The zero-order chi connectivity index (χ0) is 15.7. The highest BCUT2D eigenvalue weighted by Gasteiger charge is 2.27. The summed E-state index contributed by atoms with van der Waals surface area (Å²) in [5.74, 6) is 1.81. The molecule has 1 aromatic heterocycles. The number of aromatic nitrogens is 1. The minimum Gasteiger partial charge on any atom is -0.355 e. The Labute approximate surface area is 139 Å². The fourth-order valence-corrected chi connectivity index (χ4v) is 3.45. The Kier molecular flexibility index (Phi) is 4.14. The first kappa shape index (κ1) is 15.0. The highest BCUT2D eigenvalue weighted by molar-refractivity contribution is 7.99. The van der Waals surface area contributed by atoms with E-state index in [1.54, 1.807) is 11.8 Å². The van der Waals surface area contributed by atoms with E-state index < -0.39 is 0 Å². The normalized spacial score (nSPS) is 13.2. The summed E-state index contributed by atoms with van der Waals surface area (Å²) < 4.78 is 0. The Bertz CT molecular complexity index is 756. The van der Waals surface area contributed by atoms with Crippen molar-refractivity contribution in [1.29, 1.82) is 5.26 Å². The van der Waals surface area contributed by atoms with Crippen LogP contribution in [0, 0.1) is 11.3 Å². The third-order valence-electron chi connectivity index (χ3n) is 3.52. The van der Waals surface area contributed by atoms with Crippen LogP contribution in [0.25, 0.3) is 0 Å². The number of nitrogens with zero attached hydrogens (tertiary/aromatic N) is 4. The lowest BCUT2D eigenvalue weighted by molar-refractivity contribution is 0.920. The van der Waals surface area contributed by atoms with E-state index in [2.05, 4.69) is 27.8 Å². The maximum atomic E-state index is 9.15. The van der Waals surface area contributed by atoms with Crippen molar-refractivity contribution < 1.29 is 0 Å². The first-order chi connectivity index (χ1) is 10.6. The average molecular weight is 331 g/mol. The van der Waals surface area contributed by atoms with Crippen molar-refractivity contribution in [1.82, 2.24) is 4.98 Å². The van der Waals surface area contributed by atoms with Crippen LogP contribution < -0.4 is 9.80 Å². The Morgan fingerprint density at radius 3 is 2.86 bits per heavy atom. The summed E-state index contributed by atoms with van der Waals surface area (Å²) in [6.45, 7) is 2.80. The van der Waals surface area contributed by atoms with E-state index in [-0.39, 0.29) is 0 Å². The predicted molar refractivity (Wildman–Crippen MR) is 92.2 cm³/mol. The Morgan fingerprint density at radius 1 is 1.32 bits per heavy atom. The fraction of sp³-hybridized carbons (Fsp3) is 0.250. The molecule has 0 N–H and O–H groups in total. The van der Waals surface area contributed by atoms with Crippen LogP contribution in [-0.2, 0) is 0 Å². The third-order valence-corrected chi connectivity index (χ3v) is 4.65. The molecule has 1 aliphatic heterocycles. The van der Waals surface area contributed by atoms with Gasteiger partial charge in [0.15, 0.2) is 0 Å². The lowest BCUT2D eigenvalue weighted by Crippen LogP contribution is -2.25. The molecule has 0 saturated heterocycles. The lowest BCUT2D eigenvalue weighted by Gasteiger charge is -2.21. The summed E-state index contributed by atoms with van der Waals surface area (Å²) in [4.78, 5) is 9.87. The molecule has 2 aromatic rings. The van der Waals surface area contributed by atoms with Gasteiger partial charge >= 0.3 is 0 Å². The largest absolute Gasteiger partial charge is 0.355 e. The molecular weight excluding hydrogens is 316 g/mol. The van der Waals surface area contributed by atoms with Crippen LogP contribution >= 0.6 is 23.4 Å². The molecular formula is C16H15ClN4S. The SMILES string of the molecule is CCSc1ccc(Cl)nc1N1CN(C)c2ccc(C#N)cc21. The number of thioether (sulfide) groups is 1. The molecule has 0 amide bonds. The summed E-state index contributed by atoms with van der Waals surface area (Å²) in [5, 5.41) is 9.63. The molecule has 1 aliphatic rings. The van der Waals surface area contributed by atoms with E-state index >= 15 is 0 Å². The second kappa shape index (κ2) is 6.07. The van der Waals surface area contributed by atoms with Crippen LogP contribution in [0.2, 0.25) is 5.15 Å². The van der Waals surface area contributed by atoms with Gasteiger partial charge in [-0.15, -0.1) is 11.8 Å². The van der Waals surface area contributed by atoms with Gasteiger partial charge in [-0.05, 0) is 36.1 Å². The smallest absolute Gasteiger partial charge is 0.150 e. The van der Waals surface area contributed by atoms with Gasteiger partial charge < -0.3 is 9.80 Å². The maximum absolute atomic E-state index is 9.15. The van der Waals surface area contributed by atoms with Crippen LogP contribution in [0.3, 0.4) is 0 Å². The van der Waals surface area contributed by atoms with Gasteiger partial charge in [0.1, 0.15) is 11.0 Å². The van der Waals surface area contributed by atoms with E-state index in [0.717, 1.165) is 27.8 Å².